The first-order chi connectivity index (χ1) is 9.27. The molecule has 0 aliphatic rings. The van der Waals surface area contributed by atoms with E-state index in [4.69, 9.17) is 0 Å². The average molecular weight is 254 g/mol. The molecule has 0 saturated heterocycles. The van der Waals surface area contributed by atoms with Crippen molar-refractivity contribution in [3.05, 3.63) is 65.8 Å². The minimum Gasteiger partial charge on any atom is -0.384 e. The first kappa shape index (κ1) is 13.3. The summed E-state index contributed by atoms with van der Waals surface area (Å²) in [6, 6.07) is 3.62. The number of hydrogen-bond donors (Lipinski definition) is 2. The van der Waals surface area contributed by atoms with Crippen LogP contribution in [0.4, 0.5) is 0 Å². The van der Waals surface area contributed by atoms with Crippen LogP contribution in [0, 0.1) is 0 Å². The Labute approximate surface area is 113 Å². The molecule has 1 unspecified atom stereocenters. The molecule has 19 heavy (non-hydrogen) atoms. The van der Waals surface area contributed by atoms with Gasteiger partial charge in [0.25, 0.3) is 0 Å². The van der Waals surface area contributed by atoms with E-state index in [2.05, 4.69) is 29.5 Å². The minimum absolute atomic E-state index is 0.670. The number of H-pyrrole nitrogens is 1. The number of allylic oxidation sites excluding steroid dienone is 1. The number of hydrogen-bond acceptors (Lipinski definition) is 2. The molecule has 3 nitrogen and oxygen atoms in total. The summed E-state index contributed by atoms with van der Waals surface area (Å²) in [6.07, 6.45) is 11.3. The normalized spacial score (nSPS) is 12.7. The molecule has 0 saturated carbocycles. The van der Waals surface area contributed by atoms with Crippen LogP contribution in [-0.2, 0) is 0 Å². The number of nitrogens with one attached hydrogen (secondary N) is 1. The zero-order valence-electron chi connectivity index (χ0n) is 11.0. The van der Waals surface area contributed by atoms with Crippen molar-refractivity contribution < 1.29 is 5.11 Å². The van der Waals surface area contributed by atoms with Crippen molar-refractivity contribution in [2.45, 2.75) is 19.4 Å². The summed E-state index contributed by atoms with van der Waals surface area (Å²) in [5.41, 5.74) is 3.56. The molecule has 98 valence electrons. The van der Waals surface area contributed by atoms with E-state index in [9.17, 15) is 5.11 Å². The lowest BCUT2D eigenvalue weighted by Gasteiger charge is -2.10. The topological polar surface area (TPSA) is 48.9 Å². The quantitative estimate of drug-likeness (QED) is 0.857. The zero-order chi connectivity index (χ0) is 13.7. The van der Waals surface area contributed by atoms with Gasteiger partial charge in [-0.05, 0) is 30.2 Å². The molecule has 0 aliphatic heterocycles. The molecule has 2 aromatic heterocycles. The lowest BCUT2D eigenvalue weighted by Crippen LogP contribution is -2.00. The Morgan fingerprint density at radius 3 is 2.79 bits per heavy atom. The number of pyridine rings is 1. The molecule has 0 amide bonds. The predicted octanol–water partition coefficient (Wildman–Crippen LogP) is 3.56. The van der Waals surface area contributed by atoms with Gasteiger partial charge in [-0.25, -0.2) is 0 Å². The molecule has 1 atom stereocenters. The molecule has 0 bridgehead atoms. The van der Waals surface area contributed by atoms with Crippen LogP contribution in [0.5, 0.6) is 0 Å². The second-order valence-electron chi connectivity index (χ2n) is 4.27. The Balaban J connectivity index is 2.37. The third-order valence-electron chi connectivity index (χ3n) is 3.03. The SMILES string of the molecule is C=Cc1c(C(O)c2ccncc2)c[nH]c1/C=C\CC. The van der Waals surface area contributed by atoms with Crippen molar-refractivity contribution in [1.82, 2.24) is 9.97 Å². The summed E-state index contributed by atoms with van der Waals surface area (Å²) in [4.78, 5) is 7.14. The second-order valence-corrected chi connectivity index (χ2v) is 4.27. The largest absolute Gasteiger partial charge is 0.384 e. The highest BCUT2D eigenvalue weighted by Crippen LogP contribution is 2.28. The van der Waals surface area contributed by atoms with Gasteiger partial charge in [-0.1, -0.05) is 25.7 Å². The third-order valence-corrected chi connectivity index (χ3v) is 3.03. The highest BCUT2D eigenvalue weighted by atomic mass is 16.3. The van der Waals surface area contributed by atoms with E-state index < -0.39 is 6.10 Å². The molecule has 2 rings (SSSR count). The van der Waals surface area contributed by atoms with Crippen LogP contribution in [-0.4, -0.2) is 15.1 Å². The molecule has 0 spiro atoms. The van der Waals surface area contributed by atoms with Crippen molar-refractivity contribution in [3.63, 3.8) is 0 Å². The van der Waals surface area contributed by atoms with E-state index in [-0.39, 0.29) is 0 Å². The van der Waals surface area contributed by atoms with Crippen LogP contribution in [0.15, 0.2) is 43.4 Å². The Morgan fingerprint density at radius 2 is 2.16 bits per heavy atom. The van der Waals surface area contributed by atoms with Crippen LogP contribution in [0.3, 0.4) is 0 Å². The molecule has 2 aromatic rings. The number of aromatic nitrogens is 2. The number of rotatable bonds is 5. The second kappa shape index (κ2) is 6.16. The lowest BCUT2D eigenvalue weighted by molar-refractivity contribution is 0.220. The van der Waals surface area contributed by atoms with Gasteiger partial charge < -0.3 is 10.1 Å². The van der Waals surface area contributed by atoms with Gasteiger partial charge in [0.15, 0.2) is 0 Å². The van der Waals surface area contributed by atoms with E-state index in [1.807, 2.05) is 24.4 Å². The van der Waals surface area contributed by atoms with E-state index in [1.165, 1.54) is 0 Å². The fourth-order valence-corrected chi connectivity index (χ4v) is 2.02. The first-order valence-electron chi connectivity index (χ1n) is 6.36. The highest BCUT2D eigenvalue weighted by Gasteiger charge is 2.16. The van der Waals surface area contributed by atoms with Crippen molar-refractivity contribution in [2.24, 2.45) is 0 Å². The number of aliphatic hydroxyl groups is 1. The van der Waals surface area contributed by atoms with E-state index in [0.717, 1.165) is 28.8 Å². The number of nitrogens with zero attached hydrogens (tertiary/aromatic N) is 1. The molecule has 3 heteroatoms. The maximum Gasteiger partial charge on any atom is 0.106 e. The summed E-state index contributed by atoms with van der Waals surface area (Å²) in [6.45, 7) is 5.91. The fourth-order valence-electron chi connectivity index (χ4n) is 2.02. The molecule has 2 N–H and O–H groups in total. The maximum atomic E-state index is 10.4. The molecule has 0 radical (unpaired) electrons. The Morgan fingerprint density at radius 1 is 1.42 bits per heavy atom. The smallest absolute Gasteiger partial charge is 0.106 e. The molecular weight excluding hydrogens is 236 g/mol. The van der Waals surface area contributed by atoms with E-state index in [1.54, 1.807) is 18.5 Å². The Hall–Kier alpha value is -2.13. The summed E-state index contributed by atoms with van der Waals surface area (Å²) in [5.74, 6) is 0. The number of aliphatic hydroxyl groups excluding tert-OH is 1. The van der Waals surface area contributed by atoms with Gasteiger partial charge in [0.05, 0.1) is 0 Å². The Bertz CT molecular complexity index is 570. The zero-order valence-corrected chi connectivity index (χ0v) is 11.0. The highest BCUT2D eigenvalue weighted by molar-refractivity contribution is 5.66. The van der Waals surface area contributed by atoms with Gasteiger partial charge in [-0.2, -0.15) is 0 Å². The lowest BCUT2D eigenvalue weighted by atomic mass is 10.00. The molecular formula is C16H18N2O. The number of aromatic amines is 1. The summed E-state index contributed by atoms with van der Waals surface area (Å²) in [7, 11) is 0. The van der Waals surface area contributed by atoms with Gasteiger partial charge in [-0.3, -0.25) is 4.98 Å². The maximum absolute atomic E-state index is 10.4. The van der Waals surface area contributed by atoms with Gasteiger partial charge in [0.1, 0.15) is 6.10 Å². The fraction of sp³-hybridized carbons (Fsp3) is 0.188. The Kier molecular flexibility index (Phi) is 4.31. The van der Waals surface area contributed by atoms with Crippen LogP contribution in [0.25, 0.3) is 12.2 Å². The third kappa shape index (κ3) is 2.83. The minimum atomic E-state index is -0.670. The molecule has 0 fully saturated rings. The van der Waals surface area contributed by atoms with Crippen molar-refractivity contribution in [2.75, 3.05) is 0 Å². The van der Waals surface area contributed by atoms with Crippen molar-refractivity contribution >= 4 is 12.2 Å². The van der Waals surface area contributed by atoms with Gasteiger partial charge in [-0.15, -0.1) is 0 Å². The summed E-state index contributed by atoms with van der Waals surface area (Å²) >= 11 is 0. The first-order valence-corrected chi connectivity index (χ1v) is 6.36. The molecule has 2 heterocycles. The van der Waals surface area contributed by atoms with Crippen LogP contribution in [0.2, 0.25) is 0 Å². The molecule has 0 aliphatic carbocycles. The van der Waals surface area contributed by atoms with Crippen LogP contribution in [0.1, 0.15) is 41.8 Å². The monoisotopic (exact) mass is 254 g/mol. The standard InChI is InChI=1S/C16H18N2O/c1-3-5-6-15-13(4-2)14(11-18-15)16(19)12-7-9-17-10-8-12/h4-11,16,18-19H,2-3H2,1H3/b6-5-. The van der Waals surface area contributed by atoms with Crippen LogP contribution >= 0.6 is 0 Å². The van der Waals surface area contributed by atoms with Crippen molar-refractivity contribution in [1.29, 1.82) is 0 Å². The van der Waals surface area contributed by atoms with Gasteiger partial charge in [0, 0.05) is 35.4 Å². The molecule has 0 aromatic carbocycles. The van der Waals surface area contributed by atoms with Gasteiger partial charge in [0.2, 0.25) is 0 Å². The predicted molar refractivity (Wildman–Crippen MR) is 78.5 cm³/mol. The van der Waals surface area contributed by atoms with Crippen LogP contribution < -0.4 is 0 Å². The van der Waals surface area contributed by atoms with Gasteiger partial charge >= 0.3 is 0 Å². The summed E-state index contributed by atoms with van der Waals surface area (Å²) in [5, 5.41) is 10.4. The van der Waals surface area contributed by atoms with E-state index in [0.29, 0.717) is 0 Å². The van der Waals surface area contributed by atoms with E-state index >= 15 is 0 Å². The summed E-state index contributed by atoms with van der Waals surface area (Å²) < 4.78 is 0. The average Bonchev–Trinajstić information content (AvgIpc) is 2.88. The van der Waals surface area contributed by atoms with Crippen molar-refractivity contribution in [3.8, 4) is 0 Å².